The Morgan fingerprint density at radius 2 is 0.667 bits per heavy atom. The van der Waals surface area contributed by atoms with E-state index in [0.717, 1.165) is 0 Å². The van der Waals surface area contributed by atoms with E-state index in [-0.39, 0.29) is 22.3 Å². The Hall–Kier alpha value is -0.660. The van der Waals surface area contributed by atoms with E-state index >= 15 is 0 Å². The molecule has 62 valence electrons. The Morgan fingerprint density at radius 1 is 0.667 bits per heavy atom. The maximum atomic E-state index is 6.00. The molecule has 0 saturated heterocycles. The van der Waals surface area contributed by atoms with Gasteiger partial charge in [0.05, 0.1) is 0 Å². The van der Waals surface area contributed by atoms with Gasteiger partial charge in [0.1, 0.15) is 0 Å². The van der Waals surface area contributed by atoms with Crippen LogP contribution in [0.3, 0.4) is 0 Å². The molecule has 0 atom stereocenters. The van der Waals surface area contributed by atoms with E-state index < -0.39 is 0 Å². The molecule has 0 saturated carbocycles. The first-order valence-electron chi connectivity index (χ1n) is 1.35. The van der Waals surface area contributed by atoms with Gasteiger partial charge in [0.2, 0.25) is 0 Å². The van der Waals surface area contributed by atoms with Crippen molar-refractivity contribution in [3.8, 4) is 0 Å². The molecule has 0 aromatic heterocycles. The van der Waals surface area contributed by atoms with Gasteiger partial charge >= 0.3 is 0 Å². The van der Waals surface area contributed by atoms with Gasteiger partial charge in [-0.05, 0) is 14.1 Å². The van der Waals surface area contributed by atoms with Crippen LogP contribution >= 0.6 is 0 Å². The fourth-order valence-electron chi connectivity index (χ4n) is 0. The van der Waals surface area contributed by atoms with Crippen LogP contribution in [0.1, 0.15) is 22.3 Å². The predicted octanol–water partition coefficient (Wildman–Crippen LogP) is 1.09. The summed E-state index contributed by atoms with van der Waals surface area (Å²) in [5.41, 5.74) is 9.00. The second-order valence-electron chi connectivity index (χ2n) is 0. The molecule has 4 N–H and O–H groups in total. The number of hydrogen-bond acceptors (Lipinski definition) is 4. The van der Waals surface area contributed by atoms with E-state index in [1.165, 1.54) is 14.1 Å². The third-order valence-corrected chi connectivity index (χ3v) is 0. The van der Waals surface area contributed by atoms with Gasteiger partial charge in [0, 0.05) is 10.8 Å². The van der Waals surface area contributed by atoms with Crippen molar-refractivity contribution < 1.29 is 0 Å². The fraction of sp³-hybridized carbons (Fsp3) is 1.00. The van der Waals surface area contributed by atoms with Crippen LogP contribution in [0.2, 0.25) is 0 Å². The monoisotopic (exact) mass is 138 g/mol. The van der Waals surface area contributed by atoms with Crippen LogP contribution in [0.4, 0.5) is 0 Å². The molecule has 0 fully saturated rings. The van der Waals surface area contributed by atoms with Crippen LogP contribution in [0, 0.1) is 10.8 Å². The summed E-state index contributed by atoms with van der Waals surface area (Å²) in [5.74, 6) is 0. The highest BCUT2D eigenvalue weighted by molar-refractivity contribution is 3.54. The first-order valence-corrected chi connectivity index (χ1v) is 1.35. The Bertz CT molecular complexity index is 13.7. The van der Waals surface area contributed by atoms with Crippen molar-refractivity contribution in [2.75, 3.05) is 14.1 Å². The van der Waals surface area contributed by atoms with E-state index in [0.29, 0.717) is 0 Å². The Kier molecular flexibility index (Phi) is 6180. The normalized spacial score (nSPS) is 1.56. The van der Waals surface area contributed by atoms with Crippen molar-refractivity contribution >= 4 is 0 Å². The zero-order valence-electron chi connectivity index (χ0n) is 4.05. The smallest absolute Gasteiger partial charge is 0 e. The molecular formula is C5H22N4. The third kappa shape index (κ3) is 480. The van der Waals surface area contributed by atoms with E-state index in [2.05, 4.69) is 11.5 Å². The predicted molar refractivity (Wildman–Crippen MR) is 43.9 cm³/mol. The molecule has 0 radical (unpaired) electrons. The largest absolute Gasteiger partial charge is 0.333 e. The van der Waals surface area contributed by atoms with Gasteiger partial charge in [-0.15, -0.1) is 0 Å². The Balaban J connectivity index is -0.00000000321. The summed E-state index contributed by atoms with van der Waals surface area (Å²) < 4.78 is 0. The van der Waals surface area contributed by atoms with Gasteiger partial charge < -0.3 is 11.5 Å². The third-order valence-electron chi connectivity index (χ3n) is 0. The Labute approximate surface area is 59.7 Å². The number of nitrogens with zero attached hydrogens (tertiary/aromatic N) is 2. The molecule has 9 heavy (non-hydrogen) atoms. The molecule has 0 heterocycles. The lowest BCUT2D eigenvalue weighted by molar-refractivity contribution is 1.15. The van der Waals surface area contributed by atoms with Crippen LogP contribution in [-0.2, 0) is 0 Å². The number of nitrogens with two attached hydrogens (primary N) is 2. The van der Waals surface area contributed by atoms with Gasteiger partial charge in [0.15, 0.2) is 0 Å². The molecule has 0 amide bonds. The molecule has 0 bridgehead atoms. The van der Waals surface area contributed by atoms with Crippen LogP contribution in [0.15, 0.2) is 0 Å². The molecule has 0 aliphatic rings. The zero-order valence-corrected chi connectivity index (χ0v) is 4.05. The summed E-state index contributed by atoms with van der Waals surface area (Å²) in [6, 6.07) is 0. The van der Waals surface area contributed by atoms with E-state index in [4.69, 9.17) is 10.8 Å². The summed E-state index contributed by atoms with van der Waals surface area (Å²) >= 11 is 0. The molecule has 0 rings (SSSR count). The molecule has 4 nitrogen and oxygen atoms in total. The topological polar surface area (TPSA) is 99.6 Å². The minimum absolute atomic E-state index is 0. The van der Waals surface area contributed by atoms with E-state index in [9.17, 15) is 0 Å². The first kappa shape index (κ1) is 82.1. The average Bonchev–Trinajstić information content (AvgIpc) is 1.81. The molecule has 0 aliphatic carbocycles. The number of rotatable bonds is 0. The lowest BCUT2D eigenvalue weighted by Crippen LogP contribution is -1.69. The van der Waals surface area contributed by atoms with Crippen molar-refractivity contribution in [1.82, 2.24) is 0 Å². The minimum atomic E-state index is 0. The zero-order chi connectivity index (χ0) is 6.00. The van der Waals surface area contributed by atoms with Gasteiger partial charge in [-0.1, -0.05) is 22.3 Å². The summed E-state index contributed by atoms with van der Waals surface area (Å²) in [6.07, 6.45) is 0. The van der Waals surface area contributed by atoms with Crippen LogP contribution in [0.5, 0.6) is 0 Å². The van der Waals surface area contributed by atoms with Crippen molar-refractivity contribution in [1.29, 1.82) is 10.8 Å². The maximum absolute atomic E-state index is 6.00. The quantitative estimate of drug-likeness (QED) is 0.489. The van der Waals surface area contributed by atoms with Crippen molar-refractivity contribution in [3.63, 3.8) is 0 Å². The highest BCUT2D eigenvalue weighted by Gasteiger charge is 0.838. The molecular weight excluding hydrogens is 116 g/mol. The first-order chi connectivity index (χ1) is 3.00. The van der Waals surface area contributed by atoms with E-state index in [1.54, 1.807) is 0 Å². The fourth-order valence-corrected chi connectivity index (χ4v) is 0. The second kappa shape index (κ2) is 677. The lowest BCUT2D eigenvalue weighted by Gasteiger charge is -1.19. The van der Waals surface area contributed by atoms with Gasteiger partial charge in [-0.25, -0.2) is 0 Å². The summed E-state index contributed by atoms with van der Waals surface area (Å²) in [5, 5.41) is 12.0. The lowest BCUT2D eigenvalue weighted by atomic mass is 11.6. The highest BCUT2D eigenvalue weighted by Crippen LogP contribution is 0.593. The number of hydrogen-bond donors (Lipinski definition) is 2. The summed E-state index contributed by atoms with van der Waals surface area (Å²) in [6.45, 7) is 0. The van der Waals surface area contributed by atoms with Crippen LogP contribution < -0.4 is 11.5 Å². The molecule has 4 heteroatoms. The van der Waals surface area contributed by atoms with Gasteiger partial charge in [0.25, 0.3) is 0 Å². The molecule has 0 aliphatic heterocycles. The van der Waals surface area contributed by atoms with Gasteiger partial charge in [-0.2, -0.15) is 0 Å². The summed E-state index contributed by atoms with van der Waals surface area (Å²) in [7, 11) is 3.00. The van der Waals surface area contributed by atoms with Crippen molar-refractivity contribution in [2.24, 2.45) is 11.5 Å². The molecule has 0 spiro atoms. The summed E-state index contributed by atoms with van der Waals surface area (Å²) in [4.78, 5) is 0. The van der Waals surface area contributed by atoms with Crippen LogP contribution in [-0.4, -0.2) is 14.1 Å². The maximum Gasteiger partial charge on any atom is 0 e. The SMILES string of the molecule is C.C.C.CN.CN.N#N. The van der Waals surface area contributed by atoms with Gasteiger partial charge in [-0.3, -0.25) is 0 Å². The standard InChI is InChI=1S/2CH5N.3CH4.N2/c2*1-2;;;;1-2/h2*2H2,1H3;3*1H4;. The van der Waals surface area contributed by atoms with Crippen molar-refractivity contribution in [3.05, 3.63) is 0 Å². The molecule has 0 aromatic carbocycles. The van der Waals surface area contributed by atoms with E-state index in [1.807, 2.05) is 0 Å². The minimum Gasteiger partial charge on any atom is -0.333 e. The van der Waals surface area contributed by atoms with Crippen LogP contribution in [0.25, 0.3) is 0 Å². The molecule has 0 unspecified atom stereocenters. The Morgan fingerprint density at radius 3 is 0.667 bits per heavy atom. The second-order valence-corrected chi connectivity index (χ2v) is 0. The van der Waals surface area contributed by atoms with Crippen molar-refractivity contribution in [2.45, 2.75) is 22.3 Å². The average molecular weight is 138 g/mol. The molecule has 0 aromatic rings. The highest BCUT2D eigenvalue weighted by atomic mass is 14.6.